The number of piperidine rings is 1. The molecule has 0 atom stereocenters. The average Bonchev–Trinajstić information content (AvgIpc) is 2.39. The van der Waals surface area contributed by atoms with Crippen LogP contribution >= 0.6 is 0 Å². The summed E-state index contributed by atoms with van der Waals surface area (Å²) >= 11 is 0. The molecule has 0 aliphatic carbocycles. The minimum Gasteiger partial charge on any atom is -0.361 e. The minimum absolute atomic E-state index is 0.0902. The SMILES string of the molecule is N#Cc1ccc([N+](=O)[O-])c(NC2CCNCC2)n1. The van der Waals surface area contributed by atoms with Crippen molar-refractivity contribution in [2.24, 2.45) is 0 Å². The normalized spacial score (nSPS) is 15.9. The van der Waals surface area contributed by atoms with Crippen LogP contribution in [0.3, 0.4) is 0 Å². The maximum Gasteiger partial charge on any atom is 0.311 e. The number of nitrogens with one attached hydrogen (secondary N) is 2. The predicted octanol–water partition coefficient (Wildman–Crippen LogP) is 1.03. The van der Waals surface area contributed by atoms with Gasteiger partial charge >= 0.3 is 5.69 Å². The van der Waals surface area contributed by atoms with Gasteiger partial charge in [0.25, 0.3) is 0 Å². The van der Waals surface area contributed by atoms with Crippen molar-refractivity contribution in [1.29, 1.82) is 5.26 Å². The molecule has 0 bridgehead atoms. The van der Waals surface area contributed by atoms with Crippen molar-refractivity contribution in [2.45, 2.75) is 18.9 Å². The van der Waals surface area contributed by atoms with Gasteiger partial charge in [-0.25, -0.2) is 4.98 Å². The number of hydrogen-bond acceptors (Lipinski definition) is 6. The standard InChI is InChI=1S/C11H13N5O2/c12-7-9-1-2-10(16(17)18)11(15-9)14-8-3-5-13-6-4-8/h1-2,8,13H,3-6H2,(H,14,15). The fourth-order valence-corrected chi connectivity index (χ4v) is 1.93. The van der Waals surface area contributed by atoms with Gasteiger partial charge in [0.1, 0.15) is 11.8 Å². The van der Waals surface area contributed by atoms with Crippen LogP contribution in [0.25, 0.3) is 0 Å². The van der Waals surface area contributed by atoms with E-state index in [9.17, 15) is 10.1 Å². The molecule has 7 nitrogen and oxygen atoms in total. The Morgan fingerprint density at radius 3 is 2.83 bits per heavy atom. The highest BCUT2D eigenvalue weighted by Gasteiger charge is 2.20. The quantitative estimate of drug-likeness (QED) is 0.610. The molecule has 1 aromatic heterocycles. The second kappa shape index (κ2) is 5.42. The predicted molar refractivity (Wildman–Crippen MR) is 65.1 cm³/mol. The number of rotatable bonds is 3. The summed E-state index contributed by atoms with van der Waals surface area (Å²) in [5.41, 5.74) is 0.0876. The van der Waals surface area contributed by atoms with E-state index < -0.39 is 4.92 Å². The summed E-state index contributed by atoms with van der Waals surface area (Å²) in [6.45, 7) is 1.76. The van der Waals surface area contributed by atoms with Gasteiger partial charge in [0, 0.05) is 12.1 Å². The first-order valence-corrected chi connectivity index (χ1v) is 5.73. The summed E-state index contributed by atoms with van der Waals surface area (Å²) < 4.78 is 0. The van der Waals surface area contributed by atoms with Crippen molar-refractivity contribution in [2.75, 3.05) is 18.4 Å². The van der Waals surface area contributed by atoms with Crippen LogP contribution in [0.2, 0.25) is 0 Å². The molecule has 0 radical (unpaired) electrons. The molecule has 1 saturated heterocycles. The Bertz CT molecular complexity index is 491. The summed E-state index contributed by atoms with van der Waals surface area (Å²) in [6.07, 6.45) is 1.77. The number of aromatic nitrogens is 1. The molecular weight excluding hydrogens is 234 g/mol. The highest BCUT2D eigenvalue weighted by Crippen LogP contribution is 2.24. The fraction of sp³-hybridized carbons (Fsp3) is 0.455. The average molecular weight is 247 g/mol. The topological polar surface area (TPSA) is 104 Å². The molecule has 0 amide bonds. The lowest BCUT2D eigenvalue weighted by Crippen LogP contribution is -2.35. The second-order valence-electron chi connectivity index (χ2n) is 4.10. The van der Waals surface area contributed by atoms with Crippen LogP contribution in [0.5, 0.6) is 0 Å². The maximum absolute atomic E-state index is 10.9. The lowest BCUT2D eigenvalue weighted by Gasteiger charge is -2.23. The summed E-state index contributed by atoms with van der Waals surface area (Å²) in [6, 6.07) is 4.71. The van der Waals surface area contributed by atoms with Crippen molar-refractivity contribution in [3.05, 3.63) is 27.9 Å². The molecule has 1 fully saturated rings. The molecule has 2 heterocycles. The van der Waals surface area contributed by atoms with E-state index >= 15 is 0 Å². The lowest BCUT2D eigenvalue weighted by atomic mass is 10.1. The van der Waals surface area contributed by atoms with E-state index in [1.165, 1.54) is 12.1 Å². The van der Waals surface area contributed by atoms with Crippen LogP contribution in [-0.4, -0.2) is 29.0 Å². The van der Waals surface area contributed by atoms with Gasteiger partial charge in [0.05, 0.1) is 4.92 Å². The van der Waals surface area contributed by atoms with Gasteiger partial charge in [-0.15, -0.1) is 0 Å². The molecule has 18 heavy (non-hydrogen) atoms. The molecule has 7 heteroatoms. The maximum atomic E-state index is 10.9. The zero-order valence-corrected chi connectivity index (χ0v) is 9.72. The Hall–Kier alpha value is -2.20. The molecule has 2 rings (SSSR count). The molecule has 1 aliphatic heterocycles. The Morgan fingerprint density at radius 2 is 2.22 bits per heavy atom. The molecule has 0 aromatic carbocycles. The number of pyridine rings is 1. The first-order chi connectivity index (χ1) is 8.70. The molecule has 2 N–H and O–H groups in total. The van der Waals surface area contributed by atoms with E-state index in [0.717, 1.165) is 25.9 Å². The highest BCUT2D eigenvalue weighted by atomic mass is 16.6. The summed E-state index contributed by atoms with van der Waals surface area (Å²) in [7, 11) is 0. The smallest absolute Gasteiger partial charge is 0.311 e. The third kappa shape index (κ3) is 2.73. The second-order valence-corrected chi connectivity index (χ2v) is 4.10. The van der Waals surface area contributed by atoms with E-state index in [4.69, 9.17) is 5.26 Å². The van der Waals surface area contributed by atoms with Gasteiger partial charge in [-0.3, -0.25) is 10.1 Å². The van der Waals surface area contributed by atoms with Crippen molar-refractivity contribution in [1.82, 2.24) is 10.3 Å². The lowest BCUT2D eigenvalue weighted by molar-refractivity contribution is -0.384. The van der Waals surface area contributed by atoms with Crippen LogP contribution in [0, 0.1) is 21.4 Å². The van der Waals surface area contributed by atoms with E-state index in [1.807, 2.05) is 6.07 Å². The van der Waals surface area contributed by atoms with Gasteiger partial charge in [-0.2, -0.15) is 5.26 Å². The minimum atomic E-state index is -0.489. The van der Waals surface area contributed by atoms with Gasteiger partial charge in [0.15, 0.2) is 0 Å². The molecule has 94 valence electrons. The third-order valence-electron chi connectivity index (χ3n) is 2.87. The van der Waals surface area contributed by atoms with E-state index in [0.29, 0.717) is 0 Å². The van der Waals surface area contributed by atoms with Crippen molar-refractivity contribution in [3.63, 3.8) is 0 Å². The van der Waals surface area contributed by atoms with Gasteiger partial charge < -0.3 is 10.6 Å². The Balaban J connectivity index is 2.23. The zero-order valence-electron chi connectivity index (χ0n) is 9.72. The Labute approximate surface area is 104 Å². The van der Waals surface area contributed by atoms with Gasteiger partial charge in [-0.05, 0) is 32.0 Å². The number of hydrogen-bond donors (Lipinski definition) is 2. The van der Waals surface area contributed by atoms with E-state index in [-0.39, 0.29) is 23.2 Å². The van der Waals surface area contributed by atoms with E-state index in [2.05, 4.69) is 15.6 Å². The monoisotopic (exact) mass is 247 g/mol. The molecule has 0 spiro atoms. The first-order valence-electron chi connectivity index (χ1n) is 5.73. The largest absolute Gasteiger partial charge is 0.361 e. The van der Waals surface area contributed by atoms with Crippen molar-refractivity contribution >= 4 is 11.5 Å². The molecule has 0 saturated carbocycles. The van der Waals surface area contributed by atoms with Crippen LogP contribution in [0.15, 0.2) is 12.1 Å². The molecular formula is C11H13N5O2. The highest BCUT2D eigenvalue weighted by molar-refractivity contribution is 5.57. The first kappa shape index (κ1) is 12.3. The number of nitriles is 1. The third-order valence-corrected chi connectivity index (χ3v) is 2.87. The van der Waals surface area contributed by atoms with E-state index in [1.54, 1.807) is 0 Å². The molecule has 0 unspecified atom stereocenters. The van der Waals surface area contributed by atoms with Gasteiger partial charge in [-0.1, -0.05) is 0 Å². The van der Waals surface area contributed by atoms with Crippen molar-refractivity contribution in [3.8, 4) is 6.07 Å². The van der Waals surface area contributed by atoms with Crippen LogP contribution in [0.4, 0.5) is 11.5 Å². The Kier molecular flexibility index (Phi) is 3.69. The van der Waals surface area contributed by atoms with Crippen LogP contribution < -0.4 is 10.6 Å². The zero-order chi connectivity index (χ0) is 13.0. The van der Waals surface area contributed by atoms with Crippen LogP contribution in [0.1, 0.15) is 18.5 Å². The van der Waals surface area contributed by atoms with Crippen molar-refractivity contribution < 1.29 is 4.92 Å². The molecule has 1 aliphatic rings. The Morgan fingerprint density at radius 1 is 1.50 bits per heavy atom. The van der Waals surface area contributed by atoms with Gasteiger partial charge in [0.2, 0.25) is 5.82 Å². The molecule has 1 aromatic rings. The fourth-order valence-electron chi connectivity index (χ4n) is 1.93. The number of nitrogens with zero attached hydrogens (tertiary/aromatic N) is 3. The van der Waals surface area contributed by atoms with Crippen LogP contribution in [-0.2, 0) is 0 Å². The summed E-state index contributed by atoms with van der Waals surface area (Å²) in [5, 5.41) is 25.9. The number of anilines is 1. The summed E-state index contributed by atoms with van der Waals surface area (Å²) in [4.78, 5) is 14.4. The number of nitro groups is 1. The summed E-state index contributed by atoms with van der Waals surface area (Å²) in [5.74, 6) is 0.186.